The second-order valence-electron chi connectivity index (χ2n) is 22.1. The van der Waals surface area contributed by atoms with Gasteiger partial charge in [0.1, 0.15) is 16.9 Å². The number of halogens is 4. The summed E-state index contributed by atoms with van der Waals surface area (Å²) in [7, 11) is 0. The molecule has 8 amide bonds. The van der Waals surface area contributed by atoms with Gasteiger partial charge in [0, 0.05) is 23.5 Å². The van der Waals surface area contributed by atoms with Crippen LogP contribution in [-0.2, 0) is 38.4 Å². The van der Waals surface area contributed by atoms with Gasteiger partial charge >= 0.3 is 18.2 Å². The van der Waals surface area contributed by atoms with Crippen LogP contribution in [0.25, 0.3) is 0 Å². The number of hydrogen-bond donors (Lipinski definition) is 2. The topological polar surface area (TPSA) is 139 Å². The smallest absolute Gasteiger partial charge is 0.324 e. The maximum Gasteiger partial charge on any atom is 0.416 e. The lowest BCUT2D eigenvalue weighted by molar-refractivity contribution is -0.147. The highest BCUT2D eigenvalue weighted by Crippen LogP contribution is 2.48. The number of para-hydroxylation sites is 2. The summed E-state index contributed by atoms with van der Waals surface area (Å²) in [6, 6.07) is 14.9. The molecular weight excluding hydrogens is 965 g/mol. The molecule has 0 aromatic heterocycles. The minimum atomic E-state index is -4.84. The lowest BCUT2D eigenvalue weighted by Crippen LogP contribution is -2.65. The zero-order valence-corrected chi connectivity index (χ0v) is 44.3. The number of amides is 8. The number of benzene rings is 4. The third-order valence-electron chi connectivity index (χ3n) is 16.1. The SMILES string of the molecule is CC(C)c1cccc(C(C)C)c1NC(=O)C(C(C(=O)Nc1c(C(C)C)cccc1C(C)C)N1C(=O)N(Cc2ccccc2C(F)(F)F)C2(CCCCC2)C1=O)N1C(=O)N(Cc2ccccc2F)C2(CCCCC2)C1=O. The summed E-state index contributed by atoms with van der Waals surface area (Å²) in [6.07, 6.45) is -1.34. The van der Waals surface area contributed by atoms with Crippen LogP contribution in [0.4, 0.5) is 38.5 Å². The van der Waals surface area contributed by atoms with Crippen LogP contribution in [0.2, 0.25) is 0 Å². The maximum atomic E-state index is 16.2. The number of carbonyl (C=O) groups is 6. The van der Waals surface area contributed by atoms with Crippen molar-refractivity contribution < 1.29 is 46.3 Å². The number of carbonyl (C=O) groups excluding carboxylic acids is 6. The second kappa shape index (κ2) is 21.6. The molecule has 16 heteroatoms. The van der Waals surface area contributed by atoms with Gasteiger partial charge in [-0.3, -0.25) is 19.2 Å². The molecule has 0 radical (unpaired) electrons. The molecule has 12 nitrogen and oxygen atoms in total. The zero-order chi connectivity index (χ0) is 54.3. The zero-order valence-electron chi connectivity index (χ0n) is 44.3. The number of urea groups is 2. The monoisotopic (exact) mass is 1030 g/mol. The molecular formula is C59H70F4N6O6. The average molecular weight is 1040 g/mol. The summed E-state index contributed by atoms with van der Waals surface area (Å²) in [5.41, 5.74) is -1.17. The standard InChI is InChI=1S/C59H70F4N6O6/c1-35(2)41-23-19-24-42(36(3)4)47(41)64-51(70)49(68-53(72)57(29-15-9-16-30-57)66(55(68)74)33-39-21-11-13-27-45(39)59(61,62)63)50(52(71)65-48-43(37(5)6)25-20-26-44(48)38(7)8)69-54(73)58(31-17-10-18-32-58)67(56(69)75)34-40-22-12-14-28-46(40)60/h11-14,19-28,35-38,49-50H,9-10,15-18,29-34H2,1-8H3,(H,64,70)(H,65,71). The van der Waals surface area contributed by atoms with Crippen molar-refractivity contribution in [3.8, 4) is 0 Å². The van der Waals surface area contributed by atoms with E-state index in [0.717, 1.165) is 17.4 Å². The third kappa shape index (κ3) is 10.1. The molecule has 2 saturated carbocycles. The number of imide groups is 2. The first kappa shape index (κ1) is 54.7. The Hall–Kier alpha value is -6.58. The van der Waals surface area contributed by atoms with Gasteiger partial charge in [0.15, 0.2) is 12.1 Å². The lowest BCUT2D eigenvalue weighted by atomic mass is 9.79. The Morgan fingerprint density at radius 1 is 0.507 bits per heavy atom. The van der Waals surface area contributed by atoms with Gasteiger partial charge in [-0.05, 0) is 89.3 Å². The number of nitrogens with zero attached hydrogens (tertiary/aromatic N) is 4. The van der Waals surface area contributed by atoms with Gasteiger partial charge in [-0.15, -0.1) is 0 Å². The number of rotatable bonds is 15. The predicted octanol–water partition coefficient (Wildman–Crippen LogP) is 13.0. The van der Waals surface area contributed by atoms with Crippen LogP contribution >= 0.6 is 0 Å². The van der Waals surface area contributed by atoms with Crippen molar-refractivity contribution in [3.63, 3.8) is 0 Å². The van der Waals surface area contributed by atoms with E-state index in [4.69, 9.17) is 0 Å². The number of anilines is 2. The van der Waals surface area contributed by atoms with Crippen molar-refractivity contribution >= 4 is 47.1 Å². The lowest BCUT2D eigenvalue weighted by Gasteiger charge is -2.39. The van der Waals surface area contributed by atoms with E-state index in [1.54, 1.807) is 6.07 Å². The summed E-state index contributed by atoms with van der Waals surface area (Å²) in [6.45, 7) is 14.3. The predicted molar refractivity (Wildman–Crippen MR) is 279 cm³/mol. The van der Waals surface area contributed by atoms with Crippen molar-refractivity contribution in [2.75, 3.05) is 10.6 Å². The van der Waals surface area contributed by atoms with Crippen molar-refractivity contribution in [1.82, 2.24) is 19.6 Å². The fraction of sp³-hybridized carbons (Fsp3) is 0.492. The Bertz CT molecular complexity index is 2800. The van der Waals surface area contributed by atoms with E-state index in [1.165, 1.54) is 41.3 Å². The fourth-order valence-corrected chi connectivity index (χ4v) is 12.1. The van der Waals surface area contributed by atoms with Crippen LogP contribution in [-0.4, -0.2) is 78.5 Å². The molecule has 2 saturated heterocycles. The Kier molecular flexibility index (Phi) is 15.7. The molecule has 4 aromatic carbocycles. The van der Waals surface area contributed by atoms with Gasteiger partial charge in [0.25, 0.3) is 11.8 Å². The largest absolute Gasteiger partial charge is 0.416 e. The normalized spacial score (nSPS) is 18.7. The minimum absolute atomic E-state index is 0.0295. The summed E-state index contributed by atoms with van der Waals surface area (Å²) in [5.74, 6) is -5.32. The molecule has 400 valence electrons. The van der Waals surface area contributed by atoms with E-state index in [1.807, 2.05) is 91.8 Å². The molecule has 2 N–H and O–H groups in total. The minimum Gasteiger partial charge on any atom is -0.324 e. The Morgan fingerprint density at radius 3 is 1.21 bits per heavy atom. The maximum absolute atomic E-state index is 16.2. The van der Waals surface area contributed by atoms with Crippen molar-refractivity contribution in [2.24, 2.45) is 0 Å². The molecule has 2 aliphatic carbocycles. The Balaban J connectivity index is 1.40. The second-order valence-corrected chi connectivity index (χ2v) is 22.1. The highest BCUT2D eigenvalue weighted by atomic mass is 19.4. The van der Waals surface area contributed by atoms with E-state index in [2.05, 4.69) is 10.6 Å². The fourth-order valence-electron chi connectivity index (χ4n) is 12.1. The van der Waals surface area contributed by atoms with E-state index in [9.17, 15) is 13.2 Å². The molecule has 2 aliphatic heterocycles. The summed E-state index contributed by atoms with van der Waals surface area (Å²) >= 11 is 0. The van der Waals surface area contributed by atoms with Crippen LogP contribution in [0.3, 0.4) is 0 Å². The summed E-state index contributed by atoms with van der Waals surface area (Å²) in [4.78, 5) is 99.9. The first-order valence-corrected chi connectivity index (χ1v) is 26.6. The van der Waals surface area contributed by atoms with Gasteiger partial charge in [-0.2, -0.15) is 13.2 Å². The van der Waals surface area contributed by atoms with Crippen LogP contribution in [0.15, 0.2) is 84.9 Å². The number of alkyl halides is 3. The van der Waals surface area contributed by atoms with Crippen LogP contribution in [0.1, 0.15) is 182 Å². The van der Waals surface area contributed by atoms with E-state index in [-0.39, 0.29) is 67.0 Å². The van der Waals surface area contributed by atoms with E-state index in [0.29, 0.717) is 75.5 Å². The molecule has 2 spiro atoms. The van der Waals surface area contributed by atoms with Crippen molar-refractivity contribution in [2.45, 2.75) is 186 Å². The highest BCUT2D eigenvalue weighted by molar-refractivity contribution is 6.17. The molecule has 2 unspecified atom stereocenters. The molecule has 2 atom stereocenters. The number of hydrogen-bond acceptors (Lipinski definition) is 6. The van der Waals surface area contributed by atoms with Gasteiger partial charge in [0.2, 0.25) is 11.8 Å². The highest BCUT2D eigenvalue weighted by Gasteiger charge is 2.66. The third-order valence-corrected chi connectivity index (χ3v) is 16.1. The van der Waals surface area contributed by atoms with Crippen LogP contribution in [0.5, 0.6) is 0 Å². The quantitative estimate of drug-likeness (QED) is 0.0898. The molecule has 4 aliphatic rings. The van der Waals surface area contributed by atoms with Crippen LogP contribution < -0.4 is 10.6 Å². The summed E-state index contributed by atoms with van der Waals surface area (Å²) in [5, 5.41) is 6.09. The van der Waals surface area contributed by atoms with Gasteiger partial charge in [0.05, 0.1) is 12.1 Å². The van der Waals surface area contributed by atoms with E-state index < -0.39 is 83.0 Å². The summed E-state index contributed by atoms with van der Waals surface area (Å²) < 4.78 is 60.0. The molecule has 8 rings (SSSR count). The first-order valence-electron chi connectivity index (χ1n) is 26.6. The molecule has 4 fully saturated rings. The van der Waals surface area contributed by atoms with Crippen molar-refractivity contribution in [3.05, 3.63) is 130 Å². The van der Waals surface area contributed by atoms with Gasteiger partial charge in [-0.25, -0.2) is 23.8 Å². The Labute approximate surface area is 437 Å². The molecule has 75 heavy (non-hydrogen) atoms. The van der Waals surface area contributed by atoms with Crippen LogP contribution in [0, 0.1) is 5.82 Å². The molecule has 0 bridgehead atoms. The van der Waals surface area contributed by atoms with Gasteiger partial charge in [-0.1, -0.05) is 167 Å². The Morgan fingerprint density at radius 2 is 0.853 bits per heavy atom. The van der Waals surface area contributed by atoms with Gasteiger partial charge < -0.3 is 20.4 Å². The van der Waals surface area contributed by atoms with Crippen molar-refractivity contribution in [1.29, 1.82) is 0 Å². The average Bonchev–Trinajstić information content (AvgIpc) is 3.67. The van der Waals surface area contributed by atoms with E-state index >= 15 is 33.2 Å². The molecule has 4 aromatic rings. The molecule has 2 heterocycles. The first-order chi connectivity index (χ1) is 35.5. The number of nitrogens with one attached hydrogen (secondary N) is 2.